The van der Waals surface area contributed by atoms with Gasteiger partial charge in [-0.3, -0.25) is 0 Å². The Labute approximate surface area is 138 Å². The second kappa shape index (κ2) is 12.1. The Bertz CT molecular complexity index is 315. The van der Waals surface area contributed by atoms with Crippen molar-refractivity contribution in [2.24, 2.45) is 0 Å². The molecule has 0 radical (unpaired) electrons. The van der Waals surface area contributed by atoms with Gasteiger partial charge in [0.2, 0.25) is 0 Å². The quantitative estimate of drug-likeness (QED) is 0.551. The van der Waals surface area contributed by atoms with Crippen LogP contribution < -0.4 is 12.4 Å². The smallest absolute Gasteiger partial charge is 0.104 e. The van der Waals surface area contributed by atoms with Gasteiger partial charge in [-0.05, 0) is 19.3 Å². The fourth-order valence-corrected chi connectivity index (χ4v) is 3.02. The molecule has 0 saturated carbocycles. The lowest BCUT2D eigenvalue weighted by Gasteiger charge is -2.39. The molecule has 0 N–H and O–H groups in total. The van der Waals surface area contributed by atoms with Crippen LogP contribution in [0.1, 0.15) is 64.9 Å². The summed E-state index contributed by atoms with van der Waals surface area (Å²) in [5.41, 5.74) is 1.51. The molecule has 0 aliphatic rings. The Morgan fingerprint density at radius 1 is 0.714 bits per heavy atom. The molecule has 122 valence electrons. The molecule has 0 saturated heterocycles. The van der Waals surface area contributed by atoms with Gasteiger partial charge in [-0.25, -0.2) is 0 Å². The van der Waals surface area contributed by atoms with E-state index in [4.69, 9.17) is 0 Å². The van der Waals surface area contributed by atoms with Gasteiger partial charge in [0.1, 0.15) is 6.54 Å². The van der Waals surface area contributed by atoms with Crippen molar-refractivity contribution in [1.82, 2.24) is 0 Å². The molecule has 0 unspecified atom stereocenters. The number of nitrogens with zero attached hydrogens (tertiary/aromatic N) is 1. The molecule has 21 heavy (non-hydrogen) atoms. The average molecular weight is 312 g/mol. The van der Waals surface area contributed by atoms with Crippen LogP contribution in [0.2, 0.25) is 0 Å². The minimum atomic E-state index is 0. The van der Waals surface area contributed by atoms with Gasteiger partial charge in [-0.1, -0.05) is 70.4 Å². The van der Waals surface area contributed by atoms with Crippen LogP contribution in [-0.2, 0) is 6.54 Å². The molecule has 0 amide bonds. The summed E-state index contributed by atoms with van der Waals surface area (Å²) in [5, 5.41) is 0. The zero-order valence-electron chi connectivity index (χ0n) is 14.3. The van der Waals surface area contributed by atoms with Crippen LogP contribution in [0.25, 0.3) is 0 Å². The van der Waals surface area contributed by atoms with E-state index in [1.165, 1.54) is 74.8 Å². The van der Waals surface area contributed by atoms with E-state index in [9.17, 15) is 0 Å². The summed E-state index contributed by atoms with van der Waals surface area (Å²) in [7, 11) is 0. The van der Waals surface area contributed by atoms with Crippen molar-refractivity contribution >= 4 is 0 Å². The Morgan fingerprint density at radius 3 is 1.52 bits per heavy atom. The number of hydrogen-bond donors (Lipinski definition) is 0. The van der Waals surface area contributed by atoms with Crippen molar-refractivity contribution in [3.63, 3.8) is 0 Å². The molecule has 0 aliphatic heterocycles. The summed E-state index contributed by atoms with van der Waals surface area (Å²) in [5.74, 6) is 0. The summed E-state index contributed by atoms with van der Waals surface area (Å²) >= 11 is 0. The third-order valence-corrected chi connectivity index (χ3v) is 4.32. The fraction of sp³-hybridized carbons (Fsp3) is 0.684. The molecule has 0 atom stereocenters. The Morgan fingerprint density at radius 2 is 1.14 bits per heavy atom. The first-order chi connectivity index (χ1) is 9.76. The summed E-state index contributed by atoms with van der Waals surface area (Å²) in [6, 6.07) is 11.1. The van der Waals surface area contributed by atoms with Crippen molar-refractivity contribution in [2.75, 3.05) is 19.6 Å². The molecule has 0 aromatic heterocycles. The van der Waals surface area contributed by atoms with Crippen LogP contribution in [0.4, 0.5) is 0 Å². The van der Waals surface area contributed by atoms with E-state index >= 15 is 0 Å². The zero-order chi connectivity index (χ0) is 14.7. The largest absolute Gasteiger partial charge is 1.00 e. The molecule has 0 heterocycles. The van der Waals surface area contributed by atoms with Gasteiger partial charge in [0, 0.05) is 5.56 Å². The topological polar surface area (TPSA) is 0 Å². The lowest BCUT2D eigenvalue weighted by Crippen LogP contribution is -3.00. The molecular formula is C19H34ClN. The van der Waals surface area contributed by atoms with Crippen molar-refractivity contribution in [3.8, 4) is 0 Å². The van der Waals surface area contributed by atoms with Crippen molar-refractivity contribution in [1.29, 1.82) is 0 Å². The summed E-state index contributed by atoms with van der Waals surface area (Å²) in [6.45, 7) is 12.2. The number of rotatable bonds is 11. The monoisotopic (exact) mass is 311 g/mol. The van der Waals surface area contributed by atoms with E-state index < -0.39 is 0 Å². The van der Waals surface area contributed by atoms with Crippen molar-refractivity contribution in [2.45, 2.75) is 65.8 Å². The van der Waals surface area contributed by atoms with Crippen LogP contribution in [0.3, 0.4) is 0 Å². The maximum atomic E-state index is 2.32. The molecule has 0 bridgehead atoms. The predicted octanol–water partition coefficient (Wildman–Crippen LogP) is 2.41. The molecule has 0 aliphatic carbocycles. The van der Waals surface area contributed by atoms with Gasteiger partial charge in [0.25, 0.3) is 0 Å². The third-order valence-electron chi connectivity index (χ3n) is 4.32. The van der Waals surface area contributed by atoms with Crippen molar-refractivity contribution < 1.29 is 16.9 Å². The summed E-state index contributed by atoms with van der Waals surface area (Å²) in [4.78, 5) is 0. The SMILES string of the molecule is CCCC[N+](CCCC)(CCCC)Cc1ccccc1.[Cl-]. The molecule has 0 spiro atoms. The third kappa shape index (κ3) is 7.87. The standard InChI is InChI=1S/C19H34N.ClH/c1-4-7-15-20(16-8-5-2,17-9-6-3)18-19-13-11-10-12-14-19;/h10-14H,4-9,15-18H2,1-3H3;1H/q+1;/p-1. The predicted molar refractivity (Wildman–Crippen MR) is 89.7 cm³/mol. The van der Waals surface area contributed by atoms with E-state index in [2.05, 4.69) is 51.1 Å². The molecule has 2 heteroatoms. The minimum absolute atomic E-state index is 0. The molecule has 1 rings (SSSR count). The molecule has 0 fully saturated rings. The molecule has 1 aromatic carbocycles. The Hall–Kier alpha value is -0.530. The minimum Gasteiger partial charge on any atom is -1.00 e. The Balaban J connectivity index is 0.00000400. The van der Waals surface area contributed by atoms with Gasteiger partial charge in [0.15, 0.2) is 0 Å². The first kappa shape index (κ1) is 20.5. The second-order valence-electron chi connectivity index (χ2n) is 6.22. The van der Waals surface area contributed by atoms with E-state index in [0.717, 1.165) is 0 Å². The number of quaternary nitrogens is 1. The van der Waals surface area contributed by atoms with E-state index in [0.29, 0.717) is 0 Å². The van der Waals surface area contributed by atoms with Gasteiger partial charge in [0.05, 0.1) is 19.6 Å². The van der Waals surface area contributed by atoms with Crippen molar-refractivity contribution in [3.05, 3.63) is 35.9 Å². The van der Waals surface area contributed by atoms with E-state index in [1.807, 2.05) is 0 Å². The fourth-order valence-electron chi connectivity index (χ4n) is 3.02. The van der Waals surface area contributed by atoms with Crippen LogP contribution in [0.15, 0.2) is 30.3 Å². The number of benzene rings is 1. The highest BCUT2D eigenvalue weighted by Crippen LogP contribution is 2.19. The Kier molecular flexibility index (Phi) is 11.8. The highest BCUT2D eigenvalue weighted by molar-refractivity contribution is 5.13. The lowest BCUT2D eigenvalue weighted by atomic mass is 10.1. The van der Waals surface area contributed by atoms with Gasteiger partial charge in [-0.15, -0.1) is 0 Å². The molecule has 1 aromatic rings. The highest BCUT2D eigenvalue weighted by atomic mass is 35.5. The summed E-state index contributed by atoms with van der Waals surface area (Å²) < 4.78 is 1.31. The first-order valence-corrected chi connectivity index (χ1v) is 8.65. The molecule has 1 nitrogen and oxygen atoms in total. The molecular weight excluding hydrogens is 278 g/mol. The van der Waals surface area contributed by atoms with Gasteiger partial charge < -0.3 is 16.9 Å². The summed E-state index contributed by atoms with van der Waals surface area (Å²) in [6.07, 6.45) is 8.02. The van der Waals surface area contributed by atoms with Crippen LogP contribution in [0, 0.1) is 0 Å². The normalized spacial score (nSPS) is 11.2. The first-order valence-electron chi connectivity index (χ1n) is 8.65. The van der Waals surface area contributed by atoms with Crippen LogP contribution in [-0.4, -0.2) is 24.1 Å². The van der Waals surface area contributed by atoms with E-state index in [-0.39, 0.29) is 12.4 Å². The van der Waals surface area contributed by atoms with Crippen LogP contribution in [0.5, 0.6) is 0 Å². The number of halogens is 1. The maximum absolute atomic E-state index is 2.32. The zero-order valence-corrected chi connectivity index (χ0v) is 15.0. The van der Waals surface area contributed by atoms with Crippen LogP contribution >= 0.6 is 0 Å². The number of unbranched alkanes of at least 4 members (excludes halogenated alkanes) is 3. The second-order valence-corrected chi connectivity index (χ2v) is 6.22. The van der Waals surface area contributed by atoms with Gasteiger partial charge >= 0.3 is 0 Å². The average Bonchev–Trinajstić information content (AvgIpc) is 2.49. The van der Waals surface area contributed by atoms with Gasteiger partial charge in [-0.2, -0.15) is 0 Å². The van der Waals surface area contributed by atoms with E-state index in [1.54, 1.807) is 0 Å². The number of hydrogen-bond acceptors (Lipinski definition) is 0. The highest BCUT2D eigenvalue weighted by Gasteiger charge is 2.25. The lowest BCUT2D eigenvalue weighted by molar-refractivity contribution is -0.941. The maximum Gasteiger partial charge on any atom is 0.104 e.